The van der Waals surface area contributed by atoms with Gasteiger partial charge in [0, 0.05) is 19.2 Å². The lowest BCUT2D eigenvalue weighted by Crippen LogP contribution is -2.36. The number of carbonyl (C=O) groups excluding carboxylic acids is 1. The maximum atomic E-state index is 14.1. The molecule has 0 aliphatic carbocycles. The quantitative estimate of drug-likeness (QED) is 0.450. The highest BCUT2D eigenvalue weighted by Crippen LogP contribution is 2.34. The summed E-state index contributed by atoms with van der Waals surface area (Å²) < 4.78 is 51.8. The van der Waals surface area contributed by atoms with Crippen molar-refractivity contribution in [3.8, 4) is 11.5 Å². The minimum atomic E-state index is -2.05. The molecular formula is C18H15F3N2O5. The first-order valence-corrected chi connectivity index (χ1v) is 8.13. The number of fused-ring (bicyclic) bond motifs is 1. The van der Waals surface area contributed by atoms with Crippen molar-refractivity contribution in [2.24, 2.45) is 0 Å². The summed E-state index contributed by atoms with van der Waals surface area (Å²) in [4.78, 5) is 23.5. The van der Waals surface area contributed by atoms with Crippen LogP contribution >= 0.6 is 0 Å². The SMILES string of the molecule is COc1cc2c(cc1OC)CN(C(=O)c1cc([N+](=O)[O-])c(F)c(F)c1F)CC2. The summed E-state index contributed by atoms with van der Waals surface area (Å²) in [6.45, 7) is 0.203. The molecule has 1 amide bonds. The van der Waals surface area contributed by atoms with E-state index in [-0.39, 0.29) is 13.1 Å². The molecule has 0 atom stereocenters. The van der Waals surface area contributed by atoms with E-state index in [1.165, 1.54) is 19.1 Å². The van der Waals surface area contributed by atoms with Gasteiger partial charge in [-0.05, 0) is 29.7 Å². The van der Waals surface area contributed by atoms with Crippen LogP contribution < -0.4 is 9.47 Å². The van der Waals surface area contributed by atoms with Gasteiger partial charge in [-0.15, -0.1) is 0 Å². The summed E-state index contributed by atoms with van der Waals surface area (Å²) in [5.41, 5.74) is -0.603. The number of rotatable bonds is 4. The Balaban J connectivity index is 1.97. The molecule has 0 saturated carbocycles. The zero-order chi connectivity index (χ0) is 20.6. The molecule has 0 aromatic heterocycles. The Hall–Kier alpha value is -3.30. The van der Waals surface area contributed by atoms with Crippen LogP contribution in [0, 0.1) is 27.6 Å². The zero-order valence-electron chi connectivity index (χ0n) is 14.9. The smallest absolute Gasteiger partial charge is 0.308 e. The molecule has 0 radical (unpaired) electrons. The standard InChI is InChI=1S/C18H15F3N2O5/c1-27-13-5-9-3-4-22(8-10(9)6-14(13)28-2)18(24)11-7-12(23(25)26)16(20)17(21)15(11)19/h5-7H,3-4,8H2,1-2H3. The number of nitro groups is 1. The van der Waals surface area contributed by atoms with Gasteiger partial charge in [0.25, 0.3) is 5.91 Å². The van der Waals surface area contributed by atoms with E-state index in [0.717, 1.165) is 5.56 Å². The number of hydrogen-bond acceptors (Lipinski definition) is 5. The lowest BCUT2D eigenvalue weighted by atomic mass is 9.98. The van der Waals surface area contributed by atoms with Crippen LogP contribution in [0.4, 0.5) is 18.9 Å². The van der Waals surface area contributed by atoms with Gasteiger partial charge in [-0.25, -0.2) is 8.78 Å². The van der Waals surface area contributed by atoms with Crippen LogP contribution in [0.3, 0.4) is 0 Å². The Bertz CT molecular complexity index is 980. The van der Waals surface area contributed by atoms with E-state index in [1.54, 1.807) is 12.1 Å². The molecule has 28 heavy (non-hydrogen) atoms. The summed E-state index contributed by atoms with van der Waals surface area (Å²) in [6.07, 6.45) is 0.398. The summed E-state index contributed by atoms with van der Waals surface area (Å²) in [7, 11) is 2.94. The third-order valence-electron chi connectivity index (χ3n) is 4.56. The normalized spacial score (nSPS) is 13.1. The van der Waals surface area contributed by atoms with Gasteiger partial charge in [-0.1, -0.05) is 0 Å². The molecule has 1 aliphatic rings. The van der Waals surface area contributed by atoms with E-state index in [1.807, 2.05) is 0 Å². The number of methoxy groups -OCH3 is 2. The molecular weight excluding hydrogens is 381 g/mol. The Morgan fingerprint density at radius 3 is 2.21 bits per heavy atom. The summed E-state index contributed by atoms with van der Waals surface area (Å²) in [5, 5.41) is 10.9. The van der Waals surface area contributed by atoms with Crippen molar-refractivity contribution in [2.75, 3.05) is 20.8 Å². The van der Waals surface area contributed by atoms with E-state index in [4.69, 9.17) is 9.47 Å². The molecule has 148 valence electrons. The second-order valence-electron chi connectivity index (χ2n) is 6.09. The summed E-state index contributed by atoms with van der Waals surface area (Å²) >= 11 is 0. The number of ether oxygens (including phenoxy) is 2. The van der Waals surface area contributed by atoms with Gasteiger partial charge < -0.3 is 14.4 Å². The van der Waals surface area contributed by atoms with E-state index in [9.17, 15) is 28.1 Å². The zero-order valence-corrected chi connectivity index (χ0v) is 14.9. The van der Waals surface area contributed by atoms with Crippen molar-refractivity contribution in [3.63, 3.8) is 0 Å². The van der Waals surface area contributed by atoms with Crippen molar-refractivity contribution >= 4 is 11.6 Å². The van der Waals surface area contributed by atoms with Gasteiger partial charge in [0.05, 0.1) is 24.7 Å². The molecule has 2 aromatic carbocycles. The Kier molecular flexibility index (Phi) is 5.12. The summed E-state index contributed by atoms with van der Waals surface area (Å²) in [5.74, 6) is -5.78. The topological polar surface area (TPSA) is 81.9 Å². The molecule has 0 spiro atoms. The minimum Gasteiger partial charge on any atom is -0.493 e. The monoisotopic (exact) mass is 396 g/mol. The predicted molar refractivity (Wildman–Crippen MR) is 91.0 cm³/mol. The number of nitro benzene ring substituents is 1. The maximum absolute atomic E-state index is 14.1. The second-order valence-corrected chi connectivity index (χ2v) is 6.09. The van der Waals surface area contributed by atoms with Gasteiger partial charge in [-0.3, -0.25) is 14.9 Å². The fraction of sp³-hybridized carbons (Fsp3) is 0.278. The first-order valence-electron chi connectivity index (χ1n) is 8.13. The average molecular weight is 396 g/mol. The van der Waals surface area contributed by atoms with Crippen LogP contribution in [0.15, 0.2) is 18.2 Å². The van der Waals surface area contributed by atoms with Crippen molar-refractivity contribution in [2.45, 2.75) is 13.0 Å². The first-order chi connectivity index (χ1) is 13.3. The molecule has 7 nitrogen and oxygen atoms in total. The summed E-state index contributed by atoms with van der Waals surface area (Å²) in [6, 6.07) is 3.84. The van der Waals surface area contributed by atoms with Gasteiger partial charge in [0.15, 0.2) is 17.3 Å². The molecule has 0 saturated heterocycles. The van der Waals surface area contributed by atoms with Crippen molar-refractivity contribution in [1.29, 1.82) is 0 Å². The first kappa shape index (κ1) is 19.5. The lowest BCUT2D eigenvalue weighted by molar-refractivity contribution is -0.387. The molecule has 3 rings (SSSR count). The Morgan fingerprint density at radius 1 is 1.04 bits per heavy atom. The van der Waals surface area contributed by atoms with Gasteiger partial charge in [-0.2, -0.15) is 4.39 Å². The highest BCUT2D eigenvalue weighted by molar-refractivity contribution is 5.95. The fourth-order valence-corrected chi connectivity index (χ4v) is 3.11. The molecule has 0 bridgehead atoms. The molecule has 0 N–H and O–H groups in total. The van der Waals surface area contributed by atoms with Crippen molar-refractivity contribution in [3.05, 3.63) is 62.5 Å². The second kappa shape index (κ2) is 7.37. The maximum Gasteiger partial charge on any atom is 0.308 e. The van der Waals surface area contributed by atoms with Crippen LogP contribution in [0.5, 0.6) is 11.5 Å². The van der Waals surface area contributed by atoms with Crippen LogP contribution in [0.1, 0.15) is 21.5 Å². The predicted octanol–water partition coefficient (Wildman–Crippen LogP) is 3.23. The molecule has 0 fully saturated rings. The van der Waals surface area contributed by atoms with Crippen molar-refractivity contribution in [1.82, 2.24) is 4.90 Å². The number of hydrogen-bond donors (Lipinski definition) is 0. The Morgan fingerprint density at radius 2 is 1.64 bits per heavy atom. The third kappa shape index (κ3) is 3.21. The van der Waals surface area contributed by atoms with Crippen LogP contribution in [-0.2, 0) is 13.0 Å². The Labute approximate surface area is 157 Å². The number of amides is 1. The van der Waals surface area contributed by atoms with Crippen molar-refractivity contribution < 1.29 is 32.4 Å². The third-order valence-corrected chi connectivity index (χ3v) is 4.56. The molecule has 0 unspecified atom stereocenters. The molecule has 10 heteroatoms. The molecule has 1 heterocycles. The fourth-order valence-electron chi connectivity index (χ4n) is 3.11. The van der Waals surface area contributed by atoms with Gasteiger partial charge in [0.2, 0.25) is 11.6 Å². The highest BCUT2D eigenvalue weighted by atomic mass is 19.2. The van der Waals surface area contributed by atoms with E-state index < -0.39 is 39.5 Å². The largest absolute Gasteiger partial charge is 0.493 e. The van der Waals surface area contributed by atoms with Crippen LogP contribution in [0.2, 0.25) is 0 Å². The van der Waals surface area contributed by atoms with Crippen LogP contribution in [0.25, 0.3) is 0 Å². The number of carbonyl (C=O) groups is 1. The van der Waals surface area contributed by atoms with E-state index in [2.05, 4.69) is 0 Å². The number of nitrogens with zero attached hydrogens (tertiary/aromatic N) is 2. The van der Waals surface area contributed by atoms with Crippen LogP contribution in [-0.4, -0.2) is 36.5 Å². The number of benzene rings is 2. The molecule has 1 aliphatic heterocycles. The van der Waals surface area contributed by atoms with Gasteiger partial charge in [0.1, 0.15) is 0 Å². The minimum absolute atomic E-state index is 0.0424. The number of halogens is 3. The highest BCUT2D eigenvalue weighted by Gasteiger charge is 2.32. The molecule has 2 aromatic rings. The van der Waals surface area contributed by atoms with E-state index >= 15 is 0 Å². The van der Waals surface area contributed by atoms with Gasteiger partial charge >= 0.3 is 5.69 Å². The lowest BCUT2D eigenvalue weighted by Gasteiger charge is -2.29. The average Bonchev–Trinajstić information content (AvgIpc) is 2.69. The van der Waals surface area contributed by atoms with E-state index in [0.29, 0.717) is 29.5 Å².